The number of nitrogens with zero attached hydrogens (tertiary/aromatic N) is 2. The minimum absolute atomic E-state index is 0.308. The fraction of sp³-hybridized carbons (Fsp3) is 0.467. The first-order chi connectivity index (χ1) is 9.16. The second kappa shape index (κ2) is 6.78. The molecule has 0 saturated carbocycles. The van der Waals surface area contributed by atoms with Gasteiger partial charge in [0.25, 0.3) is 0 Å². The van der Waals surface area contributed by atoms with Crippen LogP contribution in [0.2, 0.25) is 0 Å². The van der Waals surface area contributed by atoms with Crippen LogP contribution in [0.1, 0.15) is 42.6 Å². The highest BCUT2D eigenvalue weighted by Gasteiger charge is 2.14. The highest BCUT2D eigenvalue weighted by Crippen LogP contribution is 2.21. The summed E-state index contributed by atoms with van der Waals surface area (Å²) in [7, 11) is 0. The van der Waals surface area contributed by atoms with Gasteiger partial charge in [0.05, 0.1) is 16.9 Å². The lowest BCUT2D eigenvalue weighted by atomic mass is 10.0. The van der Waals surface area contributed by atoms with Gasteiger partial charge < -0.3 is 5.32 Å². The Labute approximate surface area is 119 Å². The van der Waals surface area contributed by atoms with Crippen molar-refractivity contribution in [1.29, 1.82) is 0 Å². The van der Waals surface area contributed by atoms with Crippen molar-refractivity contribution in [2.24, 2.45) is 5.92 Å². The molecule has 19 heavy (non-hydrogen) atoms. The van der Waals surface area contributed by atoms with E-state index in [0.29, 0.717) is 12.0 Å². The summed E-state index contributed by atoms with van der Waals surface area (Å²) < 4.78 is 0. The number of pyridine rings is 1. The summed E-state index contributed by atoms with van der Waals surface area (Å²) in [5.74, 6) is 0.641. The largest absolute Gasteiger partial charge is 0.304 e. The fourth-order valence-corrected chi connectivity index (χ4v) is 2.80. The molecule has 0 aliphatic carbocycles. The van der Waals surface area contributed by atoms with Crippen LogP contribution >= 0.6 is 11.3 Å². The third kappa shape index (κ3) is 4.11. The van der Waals surface area contributed by atoms with Crippen LogP contribution < -0.4 is 5.32 Å². The molecule has 0 aromatic carbocycles. The van der Waals surface area contributed by atoms with E-state index in [4.69, 9.17) is 0 Å². The Morgan fingerprint density at radius 2 is 2.11 bits per heavy atom. The van der Waals surface area contributed by atoms with Crippen molar-refractivity contribution in [3.63, 3.8) is 0 Å². The molecule has 0 aliphatic rings. The Bertz CT molecular complexity index is 493. The molecule has 0 fully saturated rings. The number of rotatable bonds is 6. The predicted molar refractivity (Wildman–Crippen MR) is 80.1 cm³/mol. The minimum Gasteiger partial charge on any atom is -0.304 e. The standard InChI is InChI=1S/C15H21N3S/c1-11(2)8-14(13-6-4-5-7-16-13)17-9-15-12(3)18-10-19-15/h4-7,10-11,14,17H,8-9H2,1-3H3/t14-/m1/s1. The van der Waals surface area contributed by atoms with Crippen molar-refractivity contribution in [2.75, 3.05) is 0 Å². The van der Waals surface area contributed by atoms with Crippen LogP contribution in [0.15, 0.2) is 29.9 Å². The van der Waals surface area contributed by atoms with Crippen LogP contribution in [-0.4, -0.2) is 9.97 Å². The van der Waals surface area contributed by atoms with E-state index in [1.807, 2.05) is 17.8 Å². The van der Waals surface area contributed by atoms with Gasteiger partial charge in [-0.25, -0.2) is 4.98 Å². The van der Waals surface area contributed by atoms with Gasteiger partial charge in [0.15, 0.2) is 0 Å². The summed E-state index contributed by atoms with van der Waals surface area (Å²) in [5, 5.41) is 3.62. The normalized spacial score (nSPS) is 12.8. The summed E-state index contributed by atoms with van der Waals surface area (Å²) in [5.41, 5.74) is 4.16. The summed E-state index contributed by atoms with van der Waals surface area (Å²) in [6.07, 6.45) is 2.96. The molecule has 2 heterocycles. The Balaban J connectivity index is 2.04. The van der Waals surface area contributed by atoms with Gasteiger partial charge in [-0.05, 0) is 31.4 Å². The second-order valence-corrected chi connectivity index (χ2v) is 6.12. The number of hydrogen-bond acceptors (Lipinski definition) is 4. The van der Waals surface area contributed by atoms with Crippen LogP contribution in [0.25, 0.3) is 0 Å². The van der Waals surface area contributed by atoms with E-state index in [1.54, 1.807) is 11.3 Å². The van der Waals surface area contributed by atoms with Crippen molar-refractivity contribution in [1.82, 2.24) is 15.3 Å². The molecular formula is C15H21N3S. The van der Waals surface area contributed by atoms with E-state index >= 15 is 0 Å². The van der Waals surface area contributed by atoms with Crippen LogP contribution in [0.5, 0.6) is 0 Å². The van der Waals surface area contributed by atoms with E-state index in [-0.39, 0.29) is 0 Å². The summed E-state index contributed by atoms with van der Waals surface area (Å²) in [6.45, 7) is 7.42. The molecule has 4 heteroatoms. The Kier molecular flexibility index (Phi) is 5.05. The molecule has 0 spiro atoms. The first kappa shape index (κ1) is 14.2. The summed E-state index contributed by atoms with van der Waals surface area (Å²) >= 11 is 1.71. The Morgan fingerprint density at radius 3 is 2.68 bits per heavy atom. The zero-order valence-corrected chi connectivity index (χ0v) is 12.6. The molecule has 2 aromatic heterocycles. The first-order valence-corrected chi connectivity index (χ1v) is 7.58. The average molecular weight is 275 g/mol. The van der Waals surface area contributed by atoms with Crippen molar-refractivity contribution < 1.29 is 0 Å². The lowest BCUT2D eigenvalue weighted by Crippen LogP contribution is -2.23. The molecule has 0 saturated heterocycles. The van der Waals surface area contributed by atoms with Gasteiger partial charge in [0, 0.05) is 23.7 Å². The molecule has 0 bridgehead atoms. The van der Waals surface area contributed by atoms with Crippen molar-refractivity contribution in [2.45, 2.75) is 39.8 Å². The molecule has 0 unspecified atom stereocenters. The van der Waals surface area contributed by atoms with E-state index in [9.17, 15) is 0 Å². The van der Waals surface area contributed by atoms with Gasteiger partial charge in [0.1, 0.15) is 0 Å². The topological polar surface area (TPSA) is 37.8 Å². The smallest absolute Gasteiger partial charge is 0.0798 e. The zero-order valence-electron chi connectivity index (χ0n) is 11.8. The van der Waals surface area contributed by atoms with Gasteiger partial charge in [-0.1, -0.05) is 19.9 Å². The SMILES string of the molecule is Cc1ncsc1CN[C@H](CC(C)C)c1ccccn1. The number of hydrogen-bond donors (Lipinski definition) is 1. The number of aromatic nitrogens is 2. The quantitative estimate of drug-likeness (QED) is 0.873. The van der Waals surface area contributed by atoms with Crippen LogP contribution in [0, 0.1) is 12.8 Å². The molecule has 102 valence electrons. The molecule has 0 amide bonds. The maximum atomic E-state index is 4.48. The molecule has 0 radical (unpaired) electrons. The average Bonchev–Trinajstić information content (AvgIpc) is 2.81. The lowest BCUT2D eigenvalue weighted by molar-refractivity contribution is 0.422. The van der Waals surface area contributed by atoms with Crippen LogP contribution in [-0.2, 0) is 6.54 Å². The zero-order chi connectivity index (χ0) is 13.7. The van der Waals surface area contributed by atoms with Crippen LogP contribution in [0.3, 0.4) is 0 Å². The van der Waals surface area contributed by atoms with E-state index < -0.39 is 0 Å². The maximum Gasteiger partial charge on any atom is 0.0798 e. The van der Waals surface area contributed by atoms with E-state index in [0.717, 1.165) is 24.4 Å². The molecule has 1 N–H and O–H groups in total. The molecule has 2 rings (SSSR count). The number of thiazole rings is 1. The summed E-state index contributed by atoms with van der Waals surface area (Å²) in [4.78, 5) is 10.1. The Hall–Kier alpha value is -1.26. The highest BCUT2D eigenvalue weighted by atomic mass is 32.1. The first-order valence-electron chi connectivity index (χ1n) is 6.70. The van der Waals surface area contributed by atoms with Crippen molar-refractivity contribution in [3.05, 3.63) is 46.2 Å². The predicted octanol–water partition coefficient (Wildman–Crippen LogP) is 3.72. The molecule has 1 atom stereocenters. The number of aryl methyl sites for hydroxylation is 1. The van der Waals surface area contributed by atoms with Gasteiger partial charge in [-0.3, -0.25) is 4.98 Å². The van der Waals surface area contributed by atoms with Gasteiger partial charge in [0.2, 0.25) is 0 Å². The minimum atomic E-state index is 0.308. The van der Waals surface area contributed by atoms with E-state index in [2.05, 4.69) is 48.2 Å². The van der Waals surface area contributed by atoms with Gasteiger partial charge in [-0.15, -0.1) is 11.3 Å². The molecule has 0 aliphatic heterocycles. The number of nitrogens with one attached hydrogen (secondary N) is 1. The van der Waals surface area contributed by atoms with Crippen molar-refractivity contribution >= 4 is 11.3 Å². The second-order valence-electron chi connectivity index (χ2n) is 5.18. The van der Waals surface area contributed by atoms with E-state index in [1.165, 1.54) is 4.88 Å². The molecule has 2 aromatic rings. The highest BCUT2D eigenvalue weighted by molar-refractivity contribution is 7.09. The fourth-order valence-electron chi connectivity index (χ4n) is 2.07. The molecule has 3 nitrogen and oxygen atoms in total. The summed E-state index contributed by atoms with van der Waals surface area (Å²) in [6, 6.07) is 6.42. The van der Waals surface area contributed by atoms with Gasteiger partial charge >= 0.3 is 0 Å². The molecular weight excluding hydrogens is 254 g/mol. The Morgan fingerprint density at radius 1 is 1.26 bits per heavy atom. The third-order valence-electron chi connectivity index (χ3n) is 3.11. The van der Waals surface area contributed by atoms with Crippen molar-refractivity contribution in [3.8, 4) is 0 Å². The maximum absolute atomic E-state index is 4.48. The van der Waals surface area contributed by atoms with Gasteiger partial charge in [-0.2, -0.15) is 0 Å². The lowest BCUT2D eigenvalue weighted by Gasteiger charge is -2.20. The third-order valence-corrected chi connectivity index (χ3v) is 4.04. The monoisotopic (exact) mass is 275 g/mol. The van der Waals surface area contributed by atoms with Crippen LogP contribution in [0.4, 0.5) is 0 Å².